The zero-order valence-corrected chi connectivity index (χ0v) is 11.9. The molecule has 3 atom stereocenters. The summed E-state index contributed by atoms with van der Waals surface area (Å²) in [6, 6.07) is 0. The summed E-state index contributed by atoms with van der Waals surface area (Å²) in [7, 11) is 0. The Kier molecular flexibility index (Phi) is 3.68. The predicted molar refractivity (Wildman–Crippen MR) is 72.8 cm³/mol. The van der Waals surface area contributed by atoms with Gasteiger partial charge < -0.3 is 4.90 Å². The van der Waals surface area contributed by atoms with E-state index in [1.165, 1.54) is 67.1 Å². The van der Waals surface area contributed by atoms with Gasteiger partial charge in [-0.1, -0.05) is 13.3 Å². The lowest BCUT2D eigenvalue weighted by Crippen LogP contribution is -2.22. The van der Waals surface area contributed by atoms with Crippen molar-refractivity contribution in [3.05, 3.63) is 5.69 Å². The topological polar surface area (TPSA) is 29.0 Å². The molecule has 0 N–H and O–H groups in total. The Balaban J connectivity index is 1.68. The van der Waals surface area contributed by atoms with Crippen molar-refractivity contribution in [2.75, 3.05) is 25.4 Å². The lowest BCUT2D eigenvalue weighted by atomic mass is 9.90. The molecule has 0 aromatic carbocycles. The van der Waals surface area contributed by atoms with E-state index in [0.29, 0.717) is 5.92 Å². The maximum atomic E-state index is 4.58. The van der Waals surface area contributed by atoms with Crippen LogP contribution in [0.4, 0.5) is 0 Å². The zero-order valence-electron chi connectivity index (χ0n) is 10.3. The van der Waals surface area contributed by atoms with Crippen LogP contribution < -0.4 is 0 Å². The summed E-state index contributed by atoms with van der Waals surface area (Å²) in [4.78, 5) is 2.58. The van der Waals surface area contributed by atoms with Crippen LogP contribution >= 0.6 is 23.5 Å². The number of unbranched alkanes of at least 4 members (excludes halogenated alkanes) is 1. The van der Waals surface area contributed by atoms with E-state index in [4.69, 9.17) is 0 Å². The molecular formula is C12H19N3S2. The molecule has 5 heteroatoms. The van der Waals surface area contributed by atoms with Crippen LogP contribution in [0.25, 0.3) is 0 Å². The Morgan fingerprint density at radius 2 is 2.35 bits per heavy atom. The highest BCUT2D eigenvalue weighted by atomic mass is 32.2. The summed E-state index contributed by atoms with van der Waals surface area (Å²) in [5.74, 6) is 2.71. The van der Waals surface area contributed by atoms with E-state index in [2.05, 4.69) is 20.6 Å². The highest BCUT2D eigenvalue weighted by molar-refractivity contribution is 7.99. The average molecular weight is 269 g/mol. The van der Waals surface area contributed by atoms with Gasteiger partial charge in [0, 0.05) is 19.0 Å². The summed E-state index contributed by atoms with van der Waals surface area (Å²) >= 11 is 3.31. The van der Waals surface area contributed by atoms with Crippen LogP contribution in [0.5, 0.6) is 0 Å². The number of hydrogen-bond acceptors (Lipinski definition) is 5. The molecule has 2 saturated heterocycles. The van der Waals surface area contributed by atoms with E-state index < -0.39 is 0 Å². The van der Waals surface area contributed by atoms with Crippen molar-refractivity contribution in [3.8, 4) is 0 Å². The average Bonchev–Trinajstić information content (AvgIpc) is 3.04. The highest BCUT2D eigenvalue weighted by Gasteiger charge is 2.41. The predicted octanol–water partition coefficient (Wildman–Crippen LogP) is 2.85. The maximum absolute atomic E-state index is 4.58. The Labute approximate surface area is 111 Å². The summed E-state index contributed by atoms with van der Waals surface area (Å²) in [6.07, 6.45) is 3.91. The number of nitrogens with zero attached hydrogens (tertiary/aromatic N) is 3. The van der Waals surface area contributed by atoms with E-state index in [1.54, 1.807) is 0 Å². The molecule has 0 amide bonds. The van der Waals surface area contributed by atoms with Gasteiger partial charge in [0.2, 0.25) is 0 Å². The minimum atomic E-state index is 0.673. The van der Waals surface area contributed by atoms with E-state index in [0.717, 1.165) is 5.92 Å². The van der Waals surface area contributed by atoms with Crippen molar-refractivity contribution in [2.24, 2.45) is 5.92 Å². The van der Waals surface area contributed by atoms with Gasteiger partial charge in [-0.2, -0.15) is 8.75 Å². The van der Waals surface area contributed by atoms with Gasteiger partial charge >= 0.3 is 0 Å². The van der Waals surface area contributed by atoms with Crippen molar-refractivity contribution in [3.63, 3.8) is 0 Å². The molecule has 2 bridgehead atoms. The molecule has 94 valence electrons. The Morgan fingerprint density at radius 3 is 3.06 bits per heavy atom. The molecule has 3 heterocycles. The second-order valence-corrected chi connectivity index (χ2v) is 6.68. The fourth-order valence-corrected chi connectivity index (χ4v) is 4.78. The van der Waals surface area contributed by atoms with Gasteiger partial charge in [-0.25, -0.2) is 0 Å². The second-order valence-electron chi connectivity index (χ2n) is 5.07. The summed E-state index contributed by atoms with van der Waals surface area (Å²) < 4.78 is 9.07. The van der Waals surface area contributed by atoms with E-state index in [-0.39, 0.29) is 0 Å². The van der Waals surface area contributed by atoms with Crippen LogP contribution in [0.15, 0.2) is 5.03 Å². The van der Waals surface area contributed by atoms with Crippen molar-refractivity contribution >= 4 is 23.5 Å². The van der Waals surface area contributed by atoms with Gasteiger partial charge in [0.05, 0.1) is 17.4 Å². The third-order valence-electron chi connectivity index (χ3n) is 3.90. The molecule has 0 spiro atoms. The fraction of sp³-hybridized carbons (Fsp3) is 0.833. The molecule has 2 aliphatic rings. The lowest BCUT2D eigenvalue weighted by molar-refractivity contribution is 0.342. The van der Waals surface area contributed by atoms with E-state index in [9.17, 15) is 0 Å². The molecule has 2 unspecified atom stereocenters. The highest BCUT2D eigenvalue weighted by Crippen LogP contribution is 2.42. The van der Waals surface area contributed by atoms with Gasteiger partial charge in [-0.05, 0) is 31.1 Å². The largest absolute Gasteiger partial charge is 0.302 e. The van der Waals surface area contributed by atoms with Crippen molar-refractivity contribution in [1.29, 1.82) is 0 Å². The van der Waals surface area contributed by atoms with Crippen molar-refractivity contribution in [1.82, 2.24) is 13.6 Å². The third-order valence-corrected chi connectivity index (χ3v) is 5.63. The SMILES string of the molecule is CCCCSc1nsnc1[C@H]1CN2CCC1C2. The number of rotatable bonds is 5. The monoisotopic (exact) mass is 269 g/mol. The Hall–Kier alpha value is -0.130. The summed E-state index contributed by atoms with van der Waals surface area (Å²) in [6.45, 7) is 6.06. The molecule has 2 fully saturated rings. The van der Waals surface area contributed by atoms with Gasteiger partial charge in [0.1, 0.15) is 5.03 Å². The van der Waals surface area contributed by atoms with Crippen LogP contribution in [-0.2, 0) is 0 Å². The first-order valence-electron chi connectivity index (χ1n) is 6.56. The first kappa shape index (κ1) is 11.9. The first-order valence-corrected chi connectivity index (χ1v) is 8.27. The molecule has 1 aromatic rings. The molecule has 0 saturated carbocycles. The van der Waals surface area contributed by atoms with Crippen molar-refractivity contribution < 1.29 is 0 Å². The van der Waals surface area contributed by atoms with Crippen LogP contribution in [-0.4, -0.2) is 39.0 Å². The quantitative estimate of drug-likeness (QED) is 0.607. The molecule has 0 radical (unpaired) electrons. The van der Waals surface area contributed by atoms with E-state index >= 15 is 0 Å². The molecule has 3 rings (SSSR count). The van der Waals surface area contributed by atoms with Gasteiger partial charge in [0.15, 0.2) is 0 Å². The number of piperidine rings is 1. The Morgan fingerprint density at radius 1 is 1.41 bits per heavy atom. The number of thioether (sulfide) groups is 1. The zero-order chi connectivity index (χ0) is 11.7. The minimum absolute atomic E-state index is 0.673. The standard InChI is InChI=1S/C12H19N3S2/c1-2-3-6-16-12-11(13-17-14-12)10-8-15-5-4-9(10)7-15/h9-10H,2-8H2,1H3/t9?,10-/m0/s1. The van der Waals surface area contributed by atoms with E-state index in [1.807, 2.05) is 11.8 Å². The molecule has 17 heavy (non-hydrogen) atoms. The van der Waals surface area contributed by atoms with Crippen LogP contribution in [0, 0.1) is 5.92 Å². The number of hydrogen-bond donors (Lipinski definition) is 0. The molecule has 0 aliphatic carbocycles. The number of fused-ring (bicyclic) bond motifs is 2. The molecule has 1 aromatic heterocycles. The van der Waals surface area contributed by atoms with Crippen LogP contribution in [0.2, 0.25) is 0 Å². The maximum Gasteiger partial charge on any atom is 0.134 e. The Bertz CT molecular complexity index is 380. The van der Waals surface area contributed by atoms with Crippen LogP contribution in [0.3, 0.4) is 0 Å². The summed E-state index contributed by atoms with van der Waals surface area (Å²) in [5.41, 5.74) is 1.31. The van der Waals surface area contributed by atoms with Gasteiger partial charge in [-0.3, -0.25) is 0 Å². The van der Waals surface area contributed by atoms with Gasteiger partial charge in [-0.15, -0.1) is 11.8 Å². The van der Waals surface area contributed by atoms with Crippen LogP contribution in [0.1, 0.15) is 37.8 Å². The lowest BCUT2D eigenvalue weighted by Gasteiger charge is -2.20. The first-order chi connectivity index (χ1) is 8.38. The third kappa shape index (κ3) is 2.37. The van der Waals surface area contributed by atoms with Crippen molar-refractivity contribution in [2.45, 2.75) is 37.1 Å². The smallest absolute Gasteiger partial charge is 0.134 e. The normalized spacial score (nSPS) is 31.2. The fourth-order valence-electron chi connectivity index (χ4n) is 2.92. The molecule has 2 aliphatic heterocycles. The number of aromatic nitrogens is 2. The second kappa shape index (κ2) is 5.24. The summed E-state index contributed by atoms with van der Waals surface area (Å²) in [5, 5.41) is 1.22. The van der Waals surface area contributed by atoms with Gasteiger partial charge in [0.25, 0.3) is 0 Å². The minimum Gasteiger partial charge on any atom is -0.302 e. The molecular weight excluding hydrogens is 250 g/mol. The molecule has 3 nitrogen and oxygen atoms in total.